The summed E-state index contributed by atoms with van der Waals surface area (Å²) in [5.74, 6) is -1.64. The van der Waals surface area contributed by atoms with Crippen molar-refractivity contribution in [2.24, 2.45) is 0 Å². The highest BCUT2D eigenvalue weighted by molar-refractivity contribution is 5.86. The first-order chi connectivity index (χ1) is 9.13. The molecule has 20 heavy (non-hydrogen) atoms. The van der Waals surface area contributed by atoms with Gasteiger partial charge in [0.15, 0.2) is 0 Å². The predicted octanol–water partition coefficient (Wildman–Crippen LogP) is 2.12. The Labute approximate surface area is 119 Å². The molecule has 0 aliphatic heterocycles. The first kappa shape index (κ1) is 22.8. The van der Waals surface area contributed by atoms with E-state index < -0.39 is 5.97 Å². The van der Waals surface area contributed by atoms with Gasteiger partial charge in [-0.2, -0.15) is 0 Å². The van der Waals surface area contributed by atoms with Crippen LogP contribution in [0.2, 0.25) is 0 Å². The number of ether oxygens (including phenoxy) is 2. The molecule has 0 spiro atoms. The molecular formula is C14H22O6. The number of hydrogen-bond acceptors (Lipinski definition) is 5. The minimum atomic E-state index is -0.935. The molecule has 0 saturated carbocycles. The molecule has 0 aromatic heterocycles. The van der Waals surface area contributed by atoms with E-state index in [0.29, 0.717) is 12.2 Å². The van der Waals surface area contributed by atoms with Crippen molar-refractivity contribution in [3.8, 4) is 0 Å². The van der Waals surface area contributed by atoms with Gasteiger partial charge in [0.05, 0.1) is 13.7 Å². The molecule has 6 heteroatoms. The number of methoxy groups -OCH3 is 1. The van der Waals surface area contributed by atoms with Gasteiger partial charge in [-0.3, -0.25) is 0 Å². The number of carbonyl (C=O) groups excluding carboxylic acids is 2. The lowest BCUT2D eigenvalue weighted by molar-refractivity contribution is -0.137. The average Bonchev–Trinajstić information content (AvgIpc) is 2.39. The maximum Gasteiger partial charge on any atom is 0.332 e. The van der Waals surface area contributed by atoms with E-state index in [1.54, 1.807) is 13.8 Å². The molecule has 0 unspecified atom stereocenters. The lowest BCUT2D eigenvalue weighted by Crippen LogP contribution is -1.98. The Kier molecular flexibility index (Phi) is 16.7. The largest absolute Gasteiger partial charge is 0.478 e. The van der Waals surface area contributed by atoms with Crippen LogP contribution >= 0.6 is 0 Å². The van der Waals surface area contributed by atoms with Gasteiger partial charge in [-0.15, -0.1) is 0 Å². The van der Waals surface area contributed by atoms with Gasteiger partial charge in [0, 0.05) is 17.2 Å². The van der Waals surface area contributed by atoms with Gasteiger partial charge in [0.25, 0.3) is 0 Å². The van der Waals surface area contributed by atoms with Crippen LogP contribution in [0.15, 0.2) is 37.0 Å². The standard InChI is InChI=1S/2C5H8O2.C4H6O2/c1-4(2)5(6)7-3;1-3-5(6)7-4-2;1-3(2)4(5)6/h1H2,2-3H3;3H,1,4H2,2H3;1H2,2H3,(H,5,6). The highest BCUT2D eigenvalue weighted by atomic mass is 16.5. The van der Waals surface area contributed by atoms with E-state index in [1.165, 1.54) is 14.0 Å². The van der Waals surface area contributed by atoms with Crippen LogP contribution in [0.4, 0.5) is 0 Å². The van der Waals surface area contributed by atoms with E-state index >= 15 is 0 Å². The number of hydrogen-bond donors (Lipinski definition) is 1. The van der Waals surface area contributed by atoms with Gasteiger partial charge in [0.1, 0.15) is 0 Å². The second-order valence-corrected chi connectivity index (χ2v) is 3.31. The molecule has 0 radical (unpaired) electrons. The molecule has 0 aliphatic rings. The lowest BCUT2D eigenvalue weighted by Gasteiger charge is -1.91. The molecule has 0 amide bonds. The molecule has 0 rings (SSSR count). The molecule has 1 N–H and O–H groups in total. The van der Waals surface area contributed by atoms with Crippen molar-refractivity contribution in [1.82, 2.24) is 0 Å². The number of esters is 2. The van der Waals surface area contributed by atoms with E-state index in [-0.39, 0.29) is 17.5 Å². The topological polar surface area (TPSA) is 89.9 Å². The molecule has 0 atom stereocenters. The summed E-state index contributed by atoms with van der Waals surface area (Å²) in [5, 5.41) is 7.89. The van der Waals surface area contributed by atoms with Gasteiger partial charge < -0.3 is 14.6 Å². The second-order valence-electron chi connectivity index (χ2n) is 3.31. The fourth-order valence-electron chi connectivity index (χ4n) is 0.375. The molecule has 6 nitrogen and oxygen atoms in total. The zero-order valence-corrected chi connectivity index (χ0v) is 12.4. The van der Waals surface area contributed by atoms with Gasteiger partial charge >= 0.3 is 17.9 Å². The Bertz CT molecular complexity index is 354. The number of rotatable bonds is 4. The fraction of sp³-hybridized carbons (Fsp3) is 0.357. The van der Waals surface area contributed by atoms with Crippen molar-refractivity contribution in [2.75, 3.05) is 13.7 Å². The van der Waals surface area contributed by atoms with Crippen LogP contribution in [0.25, 0.3) is 0 Å². The summed E-state index contributed by atoms with van der Waals surface area (Å²) >= 11 is 0. The smallest absolute Gasteiger partial charge is 0.332 e. The predicted molar refractivity (Wildman–Crippen MR) is 76.1 cm³/mol. The molecule has 0 aromatic rings. The third-order valence-corrected chi connectivity index (χ3v) is 1.35. The Morgan fingerprint density at radius 2 is 1.55 bits per heavy atom. The molecule has 0 aromatic carbocycles. The maximum absolute atomic E-state index is 10.2. The maximum atomic E-state index is 10.2. The van der Waals surface area contributed by atoms with Gasteiger partial charge in [0.2, 0.25) is 0 Å². The third-order valence-electron chi connectivity index (χ3n) is 1.35. The first-order valence-electron chi connectivity index (χ1n) is 5.55. The summed E-state index contributed by atoms with van der Waals surface area (Å²) in [4.78, 5) is 29.9. The van der Waals surface area contributed by atoms with Crippen molar-refractivity contribution >= 4 is 17.9 Å². The van der Waals surface area contributed by atoms with Crippen molar-refractivity contribution in [3.05, 3.63) is 37.0 Å². The molecule has 0 saturated heterocycles. The van der Waals surface area contributed by atoms with Gasteiger partial charge in [-0.1, -0.05) is 19.7 Å². The Balaban J connectivity index is -0.000000218. The molecule has 0 bridgehead atoms. The highest BCUT2D eigenvalue weighted by Crippen LogP contribution is 1.87. The van der Waals surface area contributed by atoms with E-state index in [9.17, 15) is 14.4 Å². The zero-order chi connectivity index (χ0) is 16.7. The van der Waals surface area contributed by atoms with E-state index in [4.69, 9.17) is 5.11 Å². The van der Waals surface area contributed by atoms with Crippen molar-refractivity contribution < 1.29 is 29.0 Å². The van der Waals surface area contributed by atoms with E-state index in [1.807, 2.05) is 0 Å². The van der Waals surface area contributed by atoms with Crippen LogP contribution in [0.5, 0.6) is 0 Å². The second kappa shape index (κ2) is 14.7. The van der Waals surface area contributed by atoms with Crippen molar-refractivity contribution in [2.45, 2.75) is 20.8 Å². The van der Waals surface area contributed by atoms with Crippen LogP contribution in [0, 0.1) is 0 Å². The molecule has 0 aliphatic carbocycles. The zero-order valence-electron chi connectivity index (χ0n) is 12.4. The Morgan fingerprint density at radius 3 is 1.60 bits per heavy atom. The van der Waals surface area contributed by atoms with Crippen LogP contribution in [-0.2, 0) is 23.9 Å². The van der Waals surface area contributed by atoms with Crippen molar-refractivity contribution in [3.63, 3.8) is 0 Å². The lowest BCUT2D eigenvalue weighted by atomic mass is 10.4. The minimum Gasteiger partial charge on any atom is -0.478 e. The number of aliphatic carboxylic acids is 1. The quantitative estimate of drug-likeness (QED) is 0.629. The third kappa shape index (κ3) is 21.0. The van der Waals surface area contributed by atoms with E-state index in [0.717, 1.165) is 6.08 Å². The summed E-state index contributed by atoms with van der Waals surface area (Å²) < 4.78 is 8.71. The summed E-state index contributed by atoms with van der Waals surface area (Å²) in [7, 11) is 1.33. The average molecular weight is 286 g/mol. The van der Waals surface area contributed by atoms with Crippen LogP contribution in [0.1, 0.15) is 20.8 Å². The number of carboxylic acids is 1. The van der Waals surface area contributed by atoms with Crippen LogP contribution in [0.3, 0.4) is 0 Å². The summed E-state index contributed by atoms with van der Waals surface area (Å²) in [6.07, 6.45) is 1.14. The monoisotopic (exact) mass is 286 g/mol. The van der Waals surface area contributed by atoms with E-state index in [2.05, 4.69) is 29.2 Å². The summed E-state index contributed by atoms with van der Waals surface area (Å²) in [6.45, 7) is 14.9. The van der Waals surface area contributed by atoms with Crippen LogP contribution < -0.4 is 0 Å². The van der Waals surface area contributed by atoms with Crippen LogP contribution in [-0.4, -0.2) is 36.7 Å². The number of carbonyl (C=O) groups is 3. The van der Waals surface area contributed by atoms with Gasteiger partial charge in [-0.25, -0.2) is 14.4 Å². The molecule has 0 fully saturated rings. The number of carboxylic acid groups (broad SMARTS) is 1. The normalized spacial score (nSPS) is 7.60. The molecule has 114 valence electrons. The van der Waals surface area contributed by atoms with Gasteiger partial charge in [-0.05, 0) is 20.8 Å². The summed E-state index contributed by atoms with van der Waals surface area (Å²) in [6, 6.07) is 0. The minimum absolute atomic E-state index is 0.176. The molecular weight excluding hydrogens is 264 g/mol. The fourth-order valence-corrected chi connectivity index (χ4v) is 0.375. The van der Waals surface area contributed by atoms with Crippen molar-refractivity contribution in [1.29, 1.82) is 0 Å². The SMILES string of the molecule is C=C(C)C(=O)O.C=C(C)C(=O)OC.C=CC(=O)OCC. The Hall–Kier alpha value is -2.37. The Morgan fingerprint density at radius 1 is 1.15 bits per heavy atom. The summed E-state index contributed by atoms with van der Waals surface area (Å²) in [5.41, 5.74) is 0.609. The highest BCUT2D eigenvalue weighted by Gasteiger charge is 1.95. The first-order valence-corrected chi connectivity index (χ1v) is 5.55. The molecule has 0 heterocycles.